The first-order chi connectivity index (χ1) is 16.3. The van der Waals surface area contributed by atoms with Gasteiger partial charge >= 0.3 is 6.18 Å². The third-order valence-electron chi connectivity index (χ3n) is 6.97. The zero-order valence-electron chi connectivity index (χ0n) is 19.4. The Hall–Kier alpha value is -2.19. The molecule has 6 nitrogen and oxygen atoms in total. The summed E-state index contributed by atoms with van der Waals surface area (Å²) in [6, 6.07) is 5.69. The molecule has 2 atom stereocenters. The number of thiazole rings is 1. The number of anilines is 1. The summed E-state index contributed by atoms with van der Waals surface area (Å²) in [5, 5.41) is 9.14. The number of aromatic nitrogens is 1. The number of nitriles is 1. The van der Waals surface area contributed by atoms with Crippen LogP contribution in [0.3, 0.4) is 0 Å². The number of hydrogen-bond donors (Lipinski definition) is 0. The molecule has 4 rings (SSSR count). The van der Waals surface area contributed by atoms with Crippen molar-refractivity contribution in [1.29, 1.82) is 5.26 Å². The lowest BCUT2D eigenvalue weighted by molar-refractivity contribution is -0.137. The summed E-state index contributed by atoms with van der Waals surface area (Å²) in [6.45, 7) is 7.35. The number of nitrogens with zero attached hydrogens (tertiary/aromatic N) is 4. The summed E-state index contributed by atoms with van der Waals surface area (Å²) in [7, 11) is 1.63. The molecule has 3 heterocycles. The van der Waals surface area contributed by atoms with E-state index in [-0.39, 0.29) is 11.0 Å². The van der Waals surface area contributed by atoms with Gasteiger partial charge in [0.15, 0.2) is 0 Å². The monoisotopic (exact) mass is 494 g/mol. The zero-order chi connectivity index (χ0) is 24.3. The molecule has 34 heavy (non-hydrogen) atoms. The first-order valence-electron chi connectivity index (χ1n) is 11.3. The van der Waals surface area contributed by atoms with Crippen LogP contribution < -0.4 is 4.90 Å². The number of aryl methyl sites for hydroxylation is 1. The van der Waals surface area contributed by atoms with E-state index in [4.69, 9.17) is 14.7 Å². The molecule has 0 spiro atoms. The molecule has 1 aromatic carbocycles. The third kappa shape index (κ3) is 5.23. The fraction of sp³-hybridized carbons (Fsp3) is 0.583. The molecule has 0 saturated carbocycles. The van der Waals surface area contributed by atoms with Crippen LogP contribution in [0.15, 0.2) is 23.7 Å². The van der Waals surface area contributed by atoms with Crippen LogP contribution in [0, 0.1) is 29.6 Å². The van der Waals surface area contributed by atoms with Gasteiger partial charge in [-0.2, -0.15) is 18.4 Å². The highest BCUT2D eigenvalue weighted by Gasteiger charge is 2.50. The minimum atomic E-state index is -4.57. The van der Waals surface area contributed by atoms with Gasteiger partial charge in [0, 0.05) is 49.3 Å². The topological polar surface area (TPSA) is 61.6 Å². The molecular weight excluding hydrogens is 465 g/mol. The molecule has 0 bridgehead atoms. The number of alkyl halides is 3. The fourth-order valence-corrected chi connectivity index (χ4v) is 5.99. The SMILES string of the molecule is COCCOC[C@@]12CN(Cc3scnc3C)CC[C@@H]1CN(c1ccc(C#N)c(C(F)(F)F)c1)C2. The van der Waals surface area contributed by atoms with E-state index in [0.717, 1.165) is 37.8 Å². The molecule has 0 aliphatic carbocycles. The van der Waals surface area contributed by atoms with Crippen LogP contribution in [-0.4, -0.2) is 63.0 Å². The van der Waals surface area contributed by atoms with E-state index in [0.29, 0.717) is 44.5 Å². The van der Waals surface area contributed by atoms with Crippen LogP contribution >= 0.6 is 11.3 Å². The summed E-state index contributed by atoms with van der Waals surface area (Å²) in [5.41, 5.74) is 1.98. The van der Waals surface area contributed by atoms with Crippen LogP contribution in [0.2, 0.25) is 0 Å². The van der Waals surface area contributed by atoms with Gasteiger partial charge in [0.25, 0.3) is 0 Å². The van der Waals surface area contributed by atoms with Gasteiger partial charge in [0.2, 0.25) is 0 Å². The van der Waals surface area contributed by atoms with E-state index in [9.17, 15) is 13.2 Å². The Kier molecular flexibility index (Phi) is 7.48. The average Bonchev–Trinajstić information content (AvgIpc) is 3.39. The number of halogens is 3. The number of rotatable bonds is 8. The summed E-state index contributed by atoms with van der Waals surface area (Å²) < 4.78 is 51.8. The maximum Gasteiger partial charge on any atom is 0.417 e. The van der Waals surface area contributed by atoms with Crippen LogP contribution in [0.4, 0.5) is 18.9 Å². The number of methoxy groups -OCH3 is 1. The number of ether oxygens (including phenoxy) is 2. The second kappa shape index (κ2) is 10.2. The first kappa shape index (κ1) is 24.9. The van der Waals surface area contributed by atoms with Gasteiger partial charge in [-0.3, -0.25) is 4.90 Å². The summed E-state index contributed by atoms with van der Waals surface area (Å²) >= 11 is 1.65. The molecule has 1 aromatic heterocycles. The molecule has 2 aliphatic rings. The highest BCUT2D eigenvalue weighted by atomic mass is 32.1. The second-order valence-electron chi connectivity index (χ2n) is 9.18. The van der Waals surface area contributed by atoms with Gasteiger partial charge < -0.3 is 14.4 Å². The molecule has 184 valence electrons. The van der Waals surface area contributed by atoms with Gasteiger partial charge in [0.1, 0.15) is 0 Å². The first-order valence-corrected chi connectivity index (χ1v) is 12.2. The molecule has 0 radical (unpaired) electrons. The number of hydrogen-bond acceptors (Lipinski definition) is 7. The van der Waals surface area contributed by atoms with Gasteiger partial charge in [-0.05, 0) is 44.0 Å². The molecule has 2 aliphatic heterocycles. The Morgan fingerprint density at radius 2 is 2.12 bits per heavy atom. The van der Waals surface area contributed by atoms with Crippen LogP contribution in [0.1, 0.15) is 28.1 Å². The van der Waals surface area contributed by atoms with Crippen LogP contribution in [-0.2, 0) is 22.2 Å². The van der Waals surface area contributed by atoms with E-state index in [2.05, 4.69) is 9.88 Å². The lowest BCUT2D eigenvalue weighted by Crippen LogP contribution is -2.51. The largest absolute Gasteiger partial charge is 0.417 e. The Morgan fingerprint density at radius 3 is 2.79 bits per heavy atom. The zero-order valence-corrected chi connectivity index (χ0v) is 20.2. The molecule has 2 fully saturated rings. The van der Waals surface area contributed by atoms with E-state index in [1.54, 1.807) is 30.6 Å². The normalized spacial score (nSPS) is 23.2. The van der Waals surface area contributed by atoms with Crippen molar-refractivity contribution in [3.05, 3.63) is 45.4 Å². The minimum Gasteiger partial charge on any atom is -0.382 e. The van der Waals surface area contributed by atoms with E-state index < -0.39 is 11.7 Å². The number of benzene rings is 1. The maximum atomic E-state index is 13.6. The molecular formula is C24H29F3N4O2S. The summed E-state index contributed by atoms with van der Waals surface area (Å²) in [4.78, 5) is 10.0. The second-order valence-corrected chi connectivity index (χ2v) is 10.1. The van der Waals surface area contributed by atoms with Crippen molar-refractivity contribution in [2.24, 2.45) is 11.3 Å². The maximum absolute atomic E-state index is 13.6. The number of likely N-dealkylation sites (tertiary alicyclic amines) is 1. The highest BCUT2D eigenvalue weighted by Crippen LogP contribution is 2.45. The van der Waals surface area contributed by atoms with E-state index in [1.807, 2.05) is 17.3 Å². The Balaban J connectivity index is 1.57. The fourth-order valence-electron chi connectivity index (χ4n) is 5.17. The van der Waals surface area contributed by atoms with Crippen molar-refractivity contribution < 1.29 is 22.6 Å². The minimum absolute atomic E-state index is 0.198. The van der Waals surface area contributed by atoms with E-state index >= 15 is 0 Å². The van der Waals surface area contributed by atoms with Gasteiger partial charge in [0.05, 0.1) is 48.2 Å². The Bertz CT molecular complexity index is 1040. The molecule has 2 aromatic rings. The van der Waals surface area contributed by atoms with Crippen LogP contribution in [0.25, 0.3) is 0 Å². The van der Waals surface area contributed by atoms with Crippen molar-refractivity contribution in [3.8, 4) is 6.07 Å². The molecule has 2 saturated heterocycles. The molecule has 0 amide bonds. The summed E-state index contributed by atoms with van der Waals surface area (Å²) in [5.74, 6) is 0.304. The lowest BCUT2D eigenvalue weighted by Gasteiger charge is -2.44. The number of piperidine rings is 1. The highest BCUT2D eigenvalue weighted by molar-refractivity contribution is 7.09. The van der Waals surface area contributed by atoms with Gasteiger partial charge in [-0.1, -0.05) is 0 Å². The van der Waals surface area contributed by atoms with Crippen LogP contribution in [0.5, 0.6) is 0 Å². The van der Waals surface area contributed by atoms with Crippen molar-refractivity contribution in [2.45, 2.75) is 26.1 Å². The standard InChI is InChI=1S/C24H29F3N4O2S/c1-17-22(34-16-29-17)12-30-6-5-19-11-31(14-23(19,13-30)15-33-8-7-32-2)20-4-3-18(10-28)21(9-20)24(25,26)27/h3-4,9,16,19H,5-8,11-15H2,1-2H3/t19-,23+/m1/s1. The van der Waals surface area contributed by atoms with Gasteiger partial charge in [-0.15, -0.1) is 11.3 Å². The molecule has 0 unspecified atom stereocenters. The average molecular weight is 495 g/mol. The predicted molar refractivity (Wildman–Crippen MR) is 124 cm³/mol. The van der Waals surface area contributed by atoms with E-state index in [1.165, 1.54) is 10.9 Å². The van der Waals surface area contributed by atoms with Crippen molar-refractivity contribution in [3.63, 3.8) is 0 Å². The van der Waals surface area contributed by atoms with Crippen molar-refractivity contribution >= 4 is 17.0 Å². The predicted octanol–water partition coefficient (Wildman–Crippen LogP) is 4.33. The summed E-state index contributed by atoms with van der Waals surface area (Å²) in [6.07, 6.45) is -3.62. The molecule has 0 N–H and O–H groups in total. The lowest BCUT2D eigenvalue weighted by atomic mass is 9.74. The number of fused-ring (bicyclic) bond motifs is 1. The van der Waals surface area contributed by atoms with Crippen molar-refractivity contribution in [1.82, 2.24) is 9.88 Å². The van der Waals surface area contributed by atoms with Crippen molar-refractivity contribution in [2.75, 3.05) is 58.0 Å². The van der Waals surface area contributed by atoms with Gasteiger partial charge in [-0.25, -0.2) is 4.98 Å². The Morgan fingerprint density at radius 1 is 1.29 bits per heavy atom. The quantitative estimate of drug-likeness (QED) is 0.509. The third-order valence-corrected chi connectivity index (χ3v) is 7.89. The Labute approximate surface area is 201 Å². The molecule has 10 heteroatoms. The smallest absolute Gasteiger partial charge is 0.382 e.